The Morgan fingerprint density at radius 2 is 1.59 bits per heavy atom. The molecular weight excluding hydrogens is 210 g/mol. The fourth-order valence-electron chi connectivity index (χ4n) is 1.93. The fraction of sp³-hybridized carbons (Fsp3) is 0.0714. The molecule has 0 bridgehead atoms. The van der Waals surface area contributed by atoms with Crippen LogP contribution in [0.5, 0.6) is 0 Å². The van der Waals surface area contributed by atoms with Gasteiger partial charge in [-0.05, 0) is 23.8 Å². The lowest BCUT2D eigenvalue weighted by Crippen LogP contribution is -1.92. The van der Waals surface area contributed by atoms with Crippen LogP contribution in [-0.2, 0) is 6.42 Å². The van der Waals surface area contributed by atoms with Crippen molar-refractivity contribution >= 4 is 22.1 Å². The number of para-hydroxylation sites is 3. The summed E-state index contributed by atoms with van der Waals surface area (Å²) in [7, 11) is 0. The van der Waals surface area contributed by atoms with Gasteiger partial charge in [0.05, 0.1) is 34.6 Å². The molecule has 0 amide bonds. The van der Waals surface area contributed by atoms with Crippen LogP contribution in [0.3, 0.4) is 0 Å². The summed E-state index contributed by atoms with van der Waals surface area (Å²) < 4.78 is 0. The summed E-state index contributed by atoms with van der Waals surface area (Å²) in [6.07, 6.45) is 0.365. The maximum atomic E-state index is 8.79. The van der Waals surface area contributed by atoms with Gasteiger partial charge in [0, 0.05) is 0 Å². The molecule has 80 valence electrons. The van der Waals surface area contributed by atoms with Crippen LogP contribution >= 0.6 is 0 Å². The Kier molecular flexibility index (Phi) is 2.20. The van der Waals surface area contributed by atoms with Gasteiger partial charge in [0.1, 0.15) is 0 Å². The van der Waals surface area contributed by atoms with Crippen molar-refractivity contribution < 1.29 is 0 Å². The Morgan fingerprint density at radius 3 is 2.35 bits per heavy atom. The lowest BCUT2D eigenvalue weighted by Gasteiger charge is -2.03. The molecule has 0 saturated heterocycles. The minimum atomic E-state index is 0.365. The van der Waals surface area contributed by atoms with Crippen molar-refractivity contribution in [2.24, 2.45) is 0 Å². The Labute approximate surface area is 98.4 Å². The van der Waals surface area contributed by atoms with E-state index in [2.05, 4.69) is 16.0 Å². The number of nitrogens with zero attached hydrogens (tertiary/aromatic N) is 3. The lowest BCUT2D eigenvalue weighted by atomic mass is 10.1. The smallest absolute Gasteiger partial charge is 0.0937 e. The fourth-order valence-corrected chi connectivity index (χ4v) is 1.93. The third kappa shape index (κ3) is 1.60. The van der Waals surface area contributed by atoms with Gasteiger partial charge >= 0.3 is 0 Å². The highest BCUT2D eigenvalue weighted by Gasteiger charge is 2.05. The second kappa shape index (κ2) is 3.84. The van der Waals surface area contributed by atoms with E-state index in [1.54, 1.807) is 0 Å². The van der Waals surface area contributed by atoms with E-state index < -0.39 is 0 Å². The van der Waals surface area contributed by atoms with Crippen LogP contribution in [0.15, 0.2) is 42.5 Å². The number of aromatic nitrogens is 2. The van der Waals surface area contributed by atoms with Crippen LogP contribution in [0, 0.1) is 11.3 Å². The molecule has 0 fully saturated rings. The molecule has 17 heavy (non-hydrogen) atoms. The van der Waals surface area contributed by atoms with Crippen molar-refractivity contribution in [1.29, 1.82) is 5.26 Å². The van der Waals surface area contributed by atoms with Crippen LogP contribution < -0.4 is 0 Å². The van der Waals surface area contributed by atoms with Crippen LogP contribution in [0.1, 0.15) is 5.56 Å². The normalized spacial score (nSPS) is 10.5. The van der Waals surface area contributed by atoms with Crippen molar-refractivity contribution in [2.45, 2.75) is 6.42 Å². The molecule has 1 aromatic heterocycles. The predicted octanol–water partition coefficient (Wildman–Crippen LogP) is 2.85. The SMILES string of the molecule is N#CCc1cccc2nc3ccccc3nc12. The first kappa shape index (κ1) is 9.73. The minimum Gasteiger partial charge on any atom is -0.244 e. The van der Waals surface area contributed by atoms with E-state index in [4.69, 9.17) is 5.26 Å². The van der Waals surface area contributed by atoms with E-state index >= 15 is 0 Å². The lowest BCUT2D eigenvalue weighted by molar-refractivity contribution is 1.25. The van der Waals surface area contributed by atoms with Crippen molar-refractivity contribution in [1.82, 2.24) is 9.97 Å². The first-order valence-corrected chi connectivity index (χ1v) is 5.40. The molecule has 3 nitrogen and oxygen atoms in total. The zero-order valence-electron chi connectivity index (χ0n) is 9.09. The molecular formula is C14H9N3. The standard InChI is InChI=1S/C14H9N3/c15-9-8-10-4-3-7-13-14(10)17-12-6-2-1-5-11(12)16-13/h1-7H,8H2. The summed E-state index contributed by atoms with van der Waals surface area (Å²) in [6.45, 7) is 0. The van der Waals surface area contributed by atoms with Gasteiger partial charge in [-0.25, -0.2) is 9.97 Å². The van der Waals surface area contributed by atoms with Crippen LogP contribution in [0.4, 0.5) is 0 Å². The van der Waals surface area contributed by atoms with E-state index in [0.717, 1.165) is 27.6 Å². The molecule has 0 spiro atoms. The number of fused-ring (bicyclic) bond motifs is 2. The van der Waals surface area contributed by atoms with Gasteiger partial charge < -0.3 is 0 Å². The topological polar surface area (TPSA) is 49.6 Å². The van der Waals surface area contributed by atoms with Crippen molar-refractivity contribution in [2.75, 3.05) is 0 Å². The van der Waals surface area contributed by atoms with Crippen LogP contribution in [0.25, 0.3) is 22.1 Å². The molecule has 3 heteroatoms. The number of hydrogen-bond acceptors (Lipinski definition) is 3. The Morgan fingerprint density at radius 1 is 0.882 bits per heavy atom. The summed E-state index contributed by atoms with van der Waals surface area (Å²) in [5.41, 5.74) is 4.35. The highest BCUT2D eigenvalue weighted by Crippen LogP contribution is 2.19. The highest BCUT2D eigenvalue weighted by atomic mass is 14.8. The van der Waals surface area contributed by atoms with E-state index in [9.17, 15) is 0 Å². The van der Waals surface area contributed by atoms with Gasteiger partial charge in [-0.1, -0.05) is 24.3 Å². The molecule has 0 N–H and O–H groups in total. The molecule has 3 rings (SSSR count). The monoisotopic (exact) mass is 219 g/mol. The molecule has 0 aliphatic carbocycles. The maximum absolute atomic E-state index is 8.79. The van der Waals surface area contributed by atoms with Crippen molar-refractivity contribution in [3.63, 3.8) is 0 Å². The quantitative estimate of drug-likeness (QED) is 0.591. The van der Waals surface area contributed by atoms with Gasteiger partial charge in [0.25, 0.3) is 0 Å². The van der Waals surface area contributed by atoms with Gasteiger partial charge in [0.15, 0.2) is 0 Å². The molecule has 0 atom stereocenters. The molecule has 3 aromatic rings. The molecule has 0 unspecified atom stereocenters. The third-order valence-electron chi connectivity index (χ3n) is 2.72. The summed E-state index contributed by atoms with van der Waals surface area (Å²) in [4.78, 5) is 9.13. The van der Waals surface area contributed by atoms with Gasteiger partial charge in [-0.3, -0.25) is 0 Å². The number of nitriles is 1. The van der Waals surface area contributed by atoms with E-state index in [1.165, 1.54) is 0 Å². The average molecular weight is 219 g/mol. The number of rotatable bonds is 1. The highest BCUT2D eigenvalue weighted by molar-refractivity contribution is 5.87. The van der Waals surface area contributed by atoms with Gasteiger partial charge in [0.2, 0.25) is 0 Å². The van der Waals surface area contributed by atoms with E-state index in [-0.39, 0.29) is 0 Å². The van der Waals surface area contributed by atoms with Crippen molar-refractivity contribution in [3.05, 3.63) is 48.0 Å². The van der Waals surface area contributed by atoms with Gasteiger partial charge in [-0.2, -0.15) is 5.26 Å². The Hall–Kier alpha value is -2.47. The molecule has 0 radical (unpaired) electrons. The van der Waals surface area contributed by atoms with Gasteiger partial charge in [-0.15, -0.1) is 0 Å². The average Bonchev–Trinajstić information content (AvgIpc) is 2.37. The Balaban J connectivity index is 2.40. The third-order valence-corrected chi connectivity index (χ3v) is 2.72. The van der Waals surface area contributed by atoms with E-state index in [1.807, 2.05) is 42.5 Å². The number of hydrogen-bond donors (Lipinski definition) is 0. The summed E-state index contributed by atoms with van der Waals surface area (Å²) in [5.74, 6) is 0. The molecule has 0 saturated carbocycles. The van der Waals surface area contributed by atoms with Crippen molar-refractivity contribution in [3.8, 4) is 6.07 Å². The zero-order chi connectivity index (χ0) is 11.7. The summed E-state index contributed by atoms with van der Waals surface area (Å²) in [6, 6.07) is 15.7. The zero-order valence-corrected chi connectivity index (χ0v) is 9.09. The molecule has 0 aliphatic rings. The second-order valence-electron chi connectivity index (χ2n) is 3.83. The number of benzene rings is 2. The second-order valence-corrected chi connectivity index (χ2v) is 3.83. The first-order chi connectivity index (χ1) is 8.38. The van der Waals surface area contributed by atoms with Crippen LogP contribution in [-0.4, -0.2) is 9.97 Å². The summed E-state index contributed by atoms with van der Waals surface area (Å²) in [5, 5.41) is 8.79. The van der Waals surface area contributed by atoms with Crippen LogP contribution in [0.2, 0.25) is 0 Å². The first-order valence-electron chi connectivity index (χ1n) is 5.40. The predicted molar refractivity (Wildman–Crippen MR) is 66.4 cm³/mol. The molecule has 1 heterocycles. The largest absolute Gasteiger partial charge is 0.244 e. The van der Waals surface area contributed by atoms with E-state index in [0.29, 0.717) is 6.42 Å². The summed E-state index contributed by atoms with van der Waals surface area (Å²) >= 11 is 0. The molecule has 2 aromatic carbocycles. The minimum absolute atomic E-state index is 0.365. The Bertz CT molecular complexity index is 741. The molecule has 0 aliphatic heterocycles. The maximum Gasteiger partial charge on any atom is 0.0937 e.